The van der Waals surface area contributed by atoms with Crippen LogP contribution in [0.4, 0.5) is 0 Å². The van der Waals surface area contributed by atoms with Crippen LogP contribution in [-0.4, -0.2) is 9.78 Å². The van der Waals surface area contributed by atoms with Crippen LogP contribution < -0.4 is 5.73 Å². The molecular weight excluding hydrogens is 246 g/mol. The molecule has 0 bridgehead atoms. The number of nitrogens with two attached hydrogens (primary N) is 1. The molecule has 1 heterocycles. The first-order chi connectivity index (χ1) is 8.49. The third-order valence-corrected chi connectivity index (χ3v) is 3.74. The molecule has 18 heavy (non-hydrogen) atoms. The molecule has 2 N–H and O–H groups in total. The maximum absolute atomic E-state index is 6.22. The zero-order chi connectivity index (χ0) is 13.3. The van der Waals surface area contributed by atoms with Crippen LogP contribution in [0.2, 0.25) is 5.02 Å². The van der Waals surface area contributed by atoms with Crippen molar-refractivity contribution >= 4 is 11.6 Å². The second-order valence-electron chi connectivity index (χ2n) is 4.71. The van der Waals surface area contributed by atoms with Crippen molar-refractivity contribution < 1.29 is 0 Å². The molecule has 1 aromatic heterocycles. The van der Waals surface area contributed by atoms with Gasteiger partial charge in [-0.15, -0.1) is 0 Å². The molecule has 0 aliphatic rings. The van der Waals surface area contributed by atoms with Crippen LogP contribution in [0.25, 0.3) is 0 Å². The van der Waals surface area contributed by atoms with Crippen LogP contribution in [0.15, 0.2) is 24.4 Å². The van der Waals surface area contributed by atoms with E-state index in [1.54, 1.807) is 6.20 Å². The summed E-state index contributed by atoms with van der Waals surface area (Å²) in [5, 5.41) is 4.91. The molecule has 0 radical (unpaired) electrons. The first kappa shape index (κ1) is 13.1. The quantitative estimate of drug-likeness (QED) is 0.924. The number of hydrogen-bond acceptors (Lipinski definition) is 2. The topological polar surface area (TPSA) is 43.8 Å². The van der Waals surface area contributed by atoms with Gasteiger partial charge in [-0.05, 0) is 37.5 Å². The minimum atomic E-state index is -0.0704. The summed E-state index contributed by atoms with van der Waals surface area (Å²) in [5.74, 6) is 0. The second-order valence-corrected chi connectivity index (χ2v) is 5.12. The third-order valence-electron chi connectivity index (χ3n) is 3.37. The molecule has 2 aromatic rings. The van der Waals surface area contributed by atoms with Crippen molar-refractivity contribution in [1.29, 1.82) is 0 Å². The van der Waals surface area contributed by atoms with Gasteiger partial charge in [-0.1, -0.05) is 29.8 Å². The van der Waals surface area contributed by atoms with Crippen LogP contribution in [-0.2, 0) is 6.54 Å². The number of benzene rings is 1. The maximum Gasteiger partial charge on any atom is 0.0814 e. The van der Waals surface area contributed by atoms with E-state index in [-0.39, 0.29) is 6.04 Å². The normalized spacial score (nSPS) is 12.7. The lowest BCUT2D eigenvalue weighted by Crippen LogP contribution is -2.19. The Morgan fingerprint density at radius 3 is 2.56 bits per heavy atom. The summed E-state index contributed by atoms with van der Waals surface area (Å²) in [5.41, 5.74) is 10.8. The van der Waals surface area contributed by atoms with Crippen molar-refractivity contribution in [3.05, 3.63) is 51.8 Å². The van der Waals surface area contributed by atoms with Crippen molar-refractivity contribution in [3.8, 4) is 0 Å². The predicted molar refractivity (Wildman–Crippen MR) is 74.8 cm³/mol. The van der Waals surface area contributed by atoms with Gasteiger partial charge in [-0.25, -0.2) is 0 Å². The van der Waals surface area contributed by atoms with Gasteiger partial charge < -0.3 is 5.73 Å². The molecule has 0 saturated carbocycles. The van der Waals surface area contributed by atoms with Crippen LogP contribution in [0.3, 0.4) is 0 Å². The van der Waals surface area contributed by atoms with Gasteiger partial charge in [0.25, 0.3) is 0 Å². The minimum Gasteiger partial charge on any atom is -0.322 e. The Morgan fingerprint density at radius 2 is 2.00 bits per heavy atom. The van der Waals surface area contributed by atoms with Crippen molar-refractivity contribution in [3.63, 3.8) is 0 Å². The summed E-state index contributed by atoms with van der Waals surface area (Å²) in [4.78, 5) is 0. The van der Waals surface area contributed by atoms with Crippen LogP contribution in [0, 0.1) is 20.8 Å². The number of halogens is 1. The zero-order valence-electron chi connectivity index (χ0n) is 10.9. The van der Waals surface area contributed by atoms with E-state index in [9.17, 15) is 0 Å². The summed E-state index contributed by atoms with van der Waals surface area (Å²) >= 11 is 5.98. The molecule has 0 aliphatic carbocycles. The van der Waals surface area contributed by atoms with Gasteiger partial charge in [0.05, 0.1) is 23.5 Å². The monoisotopic (exact) mass is 263 g/mol. The van der Waals surface area contributed by atoms with Gasteiger partial charge in [-0.3, -0.25) is 4.68 Å². The Kier molecular flexibility index (Phi) is 3.73. The zero-order valence-corrected chi connectivity index (χ0v) is 11.7. The first-order valence-corrected chi connectivity index (χ1v) is 6.37. The third kappa shape index (κ3) is 2.57. The van der Waals surface area contributed by atoms with Crippen molar-refractivity contribution in [1.82, 2.24) is 9.78 Å². The van der Waals surface area contributed by atoms with E-state index in [0.717, 1.165) is 11.3 Å². The van der Waals surface area contributed by atoms with Crippen molar-refractivity contribution in [2.75, 3.05) is 0 Å². The van der Waals surface area contributed by atoms with E-state index < -0.39 is 0 Å². The average Bonchev–Trinajstić information content (AvgIpc) is 2.64. The van der Waals surface area contributed by atoms with E-state index in [1.165, 1.54) is 11.1 Å². The average molecular weight is 264 g/mol. The van der Waals surface area contributed by atoms with E-state index in [2.05, 4.69) is 37.1 Å². The Bertz CT molecular complexity index is 560. The first-order valence-electron chi connectivity index (χ1n) is 5.99. The maximum atomic E-state index is 6.22. The Morgan fingerprint density at radius 1 is 1.28 bits per heavy atom. The number of aryl methyl sites for hydroxylation is 2. The highest BCUT2D eigenvalue weighted by Gasteiger charge is 2.11. The molecule has 4 heteroatoms. The van der Waals surface area contributed by atoms with E-state index in [4.69, 9.17) is 17.3 Å². The molecule has 0 spiro atoms. The number of rotatable bonds is 3. The molecule has 2 rings (SSSR count). The lowest BCUT2D eigenvalue weighted by atomic mass is 10.0. The SMILES string of the molecule is Cc1ccc(C(N)Cn2ncc(Cl)c2C)cc1C. The molecule has 1 atom stereocenters. The standard InChI is InChI=1S/C14H18ClN3/c1-9-4-5-12(6-10(9)2)14(16)8-18-11(3)13(15)7-17-18/h4-7,14H,8,16H2,1-3H3. The number of hydrogen-bond donors (Lipinski definition) is 1. The number of nitrogens with zero attached hydrogens (tertiary/aromatic N) is 2. The molecule has 96 valence electrons. The van der Waals surface area contributed by atoms with Gasteiger partial charge in [0, 0.05) is 6.04 Å². The van der Waals surface area contributed by atoms with E-state index >= 15 is 0 Å². The molecule has 3 nitrogen and oxygen atoms in total. The van der Waals surface area contributed by atoms with Gasteiger partial charge in [-0.2, -0.15) is 5.10 Å². The van der Waals surface area contributed by atoms with Crippen LogP contribution in [0.1, 0.15) is 28.4 Å². The highest BCUT2D eigenvalue weighted by molar-refractivity contribution is 6.31. The summed E-state index contributed by atoms with van der Waals surface area (Å²) < 4.78 is 1.85. The van der Waals surface area contributed by atoms with Crippen LogP contribution in [0.5, 0.6) is 0 Å². The van der Waals surface area contributed by atoms with Gasteiger partial charge in [0.1, 0.15) is 0 Å². The summed E-state index contributed by atoms with van der Waals surface area (Å²) in [6, 6.07) is 6.25. The number of aromatic nitrogens is 2. The highest BCUT2D eigenvalue weighted by Crippen LogP contribution is 2.19. The minimum absolute atomic E-state index is 0.0704. The van der Waals surface area contributed by atoms with Crippen LogP contribution >= 0.6 is 11.6 Å². The lowest BCUT2D eigenvalue weighted by Gasteiger charge is -2.15. The molecular formula is C14H18ClN3. The molecule has 0 aliphatic heterocycles. The van der Waals surface area contributed by atoms with Gasteiger partial charge >= 0.3 is 0 Å². The van der Waals surface area contributed by atoms with Crippen molar-refractivity contribution in [2.45, 2.75) is 33.4 Å². The highest BCUT2D eigenvalue weighted by atomic mass is 35.5. The molecule has 0 saturated heterocycles. The van der Waals surface area contributed by atoms with Gasteiger partial charge in [0.2, 0.25) is 0 Å². The smallest absolute Gasteiger partial charge is 0.0814 e. The Hall–Kier alpha value is -1.32. The fourth-order valence-electron chi connectivity index (χ4n) is 1.89. The largest absolute Gasteiger partial charge is 0.322 e. The Labute approximate surface area is 113 Å². The second kappa shape index (κ2) is 5.12. The Balaban J connectivity index is 2.19. The summed E-state index contributed by atoms with van der Waals surface area (Å²) in [6.45, 7) is 6.78. The molecule has 0 fully saturated rings. The molecule has 0 amide bonds. The van der Waals surface area contributed by atoms with E-state index in [0.29, 0.717) is 11.6 Å². The summed E-state index contributed by atoms with van der Waals surface area (Å²) in [6.07, 6.45) is 1.66. The summed E-state index contributed by atoms with van der Waals surface area (Å²) in [7, 11) is 0. The fourth-order valence-corrected chi connectivity index (χ4v) is 2.04. The lowest BCUT2D eigenvalue weighted by molar-refractivity contribution is 0.517. The molecule has 1 aromatic carbocycles. The van der Waals surface area contributed by atoms with E-state index in [1.807, 2.05) is 11.6 Å². The predicted octanol–water partition coefficient (Wildman–Crippen LogP) is 3.16. The fraction of sp³-hybridized carbons (Fsp3) is 0.357. The van der Waals surface area contributed by atoms with Gasteiger partial charge in [0.15, 0.2) is 0 Å². The molecule has 1 unspecified atom stereocenters. The van der Waals surface area contributed by atoms with Crippen molar-refractivity contribution in [2.24, 2.45) is 5.73 Å².